The molecule has 0 aliphatic heterocycles. The zero-order valence-corrected chi connectivity index (χ0v) is 12.0. The Hall–Kier alpha value is -2.75. The van der Waals surface area contributed by atoms with Crippen LogP contribution in [0, 0.1) is 0 Å². The molecule has 2 aromatic carbocycles. The number of amides is 1. The molecule has 2 aromatic rings. The van der Waals surface area contributed by atoms with E-state index in [0.29, 0.717) is 17.1 Å². The maximum Gasteiger partial charge on any atom is 0.255 e. The standard InChI is InChI=1S/C17H17NO3/c1-20-15-9-8-13(12-16(15)21-2)10-11-18-17(19)14-6-4-3-5-7-14/h3-12H,1-2H3,(H,18,19)/b11-10-. The van der Waals surface area contributed by atoms with Gasteiger partial charge in [0.25, 0.3) is 5.91 Å². The maximum absolute atomic E-state index is 11.9. The van der Waals surface area contributed by atoms with Gasteiger partial charge in [-0.05, 0) is 35.9 Å². The highest BCUT2D eigenvalue weighted by molar-refractivity contribution is 5.95. The van der Waals surface area contributed by atoms with Gasteiger partial charge in [-0.15, -0.1) is 0 Å². The highest BCUT2D eigenvalue weighted by Crippen LogP contribution is 2.27. The van der Waals surface area contributed by atoms with Crippen LogP contribution in [0.3, 0.4) is 0 Å². The van der Waals surface area contributed by atoms with Crippen LogP contribution in [0.5, 0.6) is 11.5 Å². The van der Waals surface area contributed by atoms with E-state index >= 15 is 0 Å². The minimum absolute atomic E-state index is 0.146. The molecule has 0 heterocycles. The Morgan fingerprint density at radius 3 is 2.38 bits per heavy atom. The van der Waals surface area contributed by atoms with Crippen molar-refractivity contribution in [3.63, 3.8) is 0 Å². The van der Waals surface area contributed by atoms with Crippen LogP contribution in [0.1, 0.15) is 15.9 Å². The topological polar surface area (TPSA) is 47.6 Å². The summed E-state index contributed by atoms with van der Waals surface area (Å²) in [5.41, 5.74) is 1.52. The second kappa shape index (κ2) is 7.14. The lowest BCUT2D eigenvalue weighted by Crippen LogP contribution is -2.16. The van der Waals surface area contributed by atoms with Crippen LogP contribution in [0.25, 0.3) is 6.08 Å². The zero-order valence-electron chi connectivity index (χ0n) is 12.0. The molecule has 0 aliphatic rings. The highest BCUT2D eigenvalue weighted by Gasteiger charge is 2.03. The lowest BCUT2D eigenvalue weighted by Gasteiger charge is -2.07. The summed E-state index contributed by atoms with van der Waals surface area (Å²) in [5.74, 6) is 1.17. The summed E-state index contributed by atoms with van der Waals surface area (Å²) in [6, 6.07) is 14.6. The number of hydrogen-bond acceptors (Lipinski definition) is 3. The molecule has 108 valence electrons. The smallest absolute Gasteiger partial charge is 0.255 e. The molecule has 0 atom stereocenters. The molecule has 0 aromatic heterocycles. The molecule has 21 heavy (non-hydrogen) atoms. The molecule has 0 fully saturated rings. The number of methoxy groups -OCH3 is 2. The number of hydrogen-bond donors (Lipinski definition) is 1. The summed E-state index contributed by atoms with van der Waals surface area (Å²) in [7, 11) is 3.18. The number of carbonyl (C=O) groups is 1. The molecular weight excluding hydrogens is 266 g/mol. The van der Waals surface area contributed by atoms with Crippen molar-refractivity contribution < 1.29 is 14.3 Å². The SMILES string of the molecule is COc1ccc(/C=C\NC(=O)c2ccccc2)cc1OC. The Kier molecular flexibility index (Phi) is 4.99. The number of carbonyl (C=O) groups excluding carboxylic acids is 1. The van der Waals surface area contributed by atoms with Gasteiger partial charge in [0.1, 0.15) is 0 Å². The summed E-state index contributed by atoms with van der Waals surface area (Å²) in [5, 5.41) is 2.72. The number of benzene rings is 2. The Morgan fingerprint density at radius 2 is 1.71 bits per heavy atom. The molecule has 1 N–H and O–H groups in total. The molecule has 0 radical (unpaired) electrons. The fourth-order valence-corrected chi connectivity index (χ4v) is 1.84. The van der Waals surface area contributed by atoms with Gasteiger partial charge >= 0.3 is 0 Å². The van der Waals surface area contributed by atoms with E-state index in [4.69, 9.17) is 9.47 Å². The lowest BCUT2D eigenvalue weighted by atomic mass is 10.2. The molecule has 4 heteroatoms. The summed E-state index contributed by atoms with van der Waals surface area (Å²) in [4.78, 5) is 11.9. The minimum Gasteiger partial charge on any atom is -0.493 e. The Balaban J connectivity index is 2.03. The van der Waals surface area contributed by atoms with Crippen molar-refractivity contribution in [1.29, 1.82) is 0 Å². The number of ether oxygens (including phenoxy) is 2. The van der Waals surface area contributed by atoms with Crippen molar-refractivity contribution in [2.75, 3.05) is 14.2 Å². The van der Waals surface area contributed by atoms with E-state index in [0.717, 1.165) is 5.56 Å². The second-order valence-electron chi connectivity index (χ2n) is 4.29. The van der Waals surface area contributed by atoms with Gasteiger partial charge in [-0.3, -0.25) is 4.79 Å². The van der Waals surface area contributed by atoms with E-state index in [-0.39, 0.29) is 5.91 Å². The summed E-state index contributed by atoms with van der Waals surface area (Å²) >= 11 is 0. The fourth-order valence-electron chi connectivity index (χ4n) is 1.84. The first kappa shape index (κ1) is 14.7. The third-order valence-electron chi connectivity index (χ3n) is 2.93. The van der Waals surface area contributed by atoms with E-state index in [9.17, 15) is 4.79 Å². The molecule has 0 unspecified atom stereocenters. The Labute approximate surface area is 124 Å². The van der Waals surface area contributed by atoms with E-state index in [1.54, 1.807) is 38.6 Å². The number of rotatable bonds is 5. The van der Waals surface area contributed by atoms with Gasteiger partial charge in [0.05, 0.1) is 14.2 Å². The van der Waals surface area contributed by atoms with Gasteiger partial charge in [-0.2, -0.15) is 0 Å². The third-order valence-corrected chi connectivity index (χ3v) is 2.93. The molecule has 0 saturated heterocycles. The lowest BCUT2D eigenvalue weighted by molar-refractivity contribution is 0.0970. The summed E-state index contributed by atoms with van der Waals surface area (Å²) in [6.07, 6.45) is 3.40. The van der Waals surface area contributed by atoms with Crippen molar-refractivity contribution in [2.45, 2.75) is 0 Å². The van der Waals surface area contributed by atoms with Gasteiger partial charge in [0.15, 0.2) is 11.5 Å². The highest BCUT2D eigenvalue weighted by atomic mass is 16.5. The molecule has 1 amide bonds. The molecule has 0 aliphatic carbocycles. The van der Waals surface area contributed by atoms with Crippen LogP contribution in [0.4, 0.5) is 0 Å². The van der Waals surface area contributed by atoms with E-state index in [2.05, 4.69) is 5.32 Å². The van der Waals surface area contributed by atoms with Crippen LogP contribution in [0.2, 0.25) is 0 Å². The van der Waals surface area contributed by atoms with Gasteiger partial charge < -0.3 is 14.8 Å². The van der Waals surface area contributed by atoms with Crippen LogP contribution in [0.15, 0.2) is 54.7 Å². The monoisotopic (exact) mass is 283 g/mol. The Bertz CT molecular complexity index is 636. The van der Waals surface area contributed by atoms with Gasteiger partial charge in [0.2, 0.25) is 0 Å². The van der Waals surface area contributed by atoms with Gasteiger partial charge in [-0.1, -0.05) is 24.3 Å². The van der Waals surface area contributed by atoms with E-state index in [1.165, 1.54) is 0 Å². The predicted molar refractivity (Wildman–Crippen MR) is 82.5 cm³/mol. The average Bonchev–Trinajstić information content (AvgIpc) is 2.55. The molecular formula is C17H17NO3. The average molecular weight is 283 g/mol. The van der Waals surface area contributed by atoms with E-state index in [1.807, 2.05) is 36.4 Å². The molecule has 0 spiro atoms. The first-order valence-electron chi connectivity index (χ1n) is 6.49. The first-order valence-corrected chi connectivity index (χ1v) is 6.49. The van der Waals surface area contributed by atoms with Crippen LogP contribution in [-0.4, -0.2) is 20.1 Å². The van der Waals surface area contributed by atoms with Crippen LogP contribution < -0.4 is 14.8 Å². The minimum atomic E-state index is -0.146. The van der Waals surface area contributed by atoms with Crippen molar-refractivity contribution in [2.24, 2.45) is 0 Å². The van der Waals surface area contributed by atoms with Crippen molar-refractivity contribution in [3.8, 4) is 11.5 Å². The first-order chi connectivity index (χ1) is 10.2. The van der Waals surface area contributed by atoms with Crippen molar-refractivity contribution >= 4 is 12.0 Å². The zero-order chi connectivity index (χ0) is 15.1. The Morgan fingerprint density at radius 1 is 1.00 bits per heavy atom. The van der Waals surface area contributed by atoms with Gasteiger partial charge in [0, 0.05) is 11.8 Å². The second-order valence-corrected chi connectivity index (χ2v) is 4.29. The number of nitrogens with one attached hydrogen (secondary N) is 1. The van der Waals surface area contributed by atoms with Crippen molar-refractivity contribution in [3.05, 3.63) is 65.9 Å². The molecule has 0 saturated carbocycles. The molecule has 0 bridgehead atoms. The fraction of sp³-hybridized carbons (Fsp3) is 0.118. The molecule has 2 rings (SSSR count). The molecule has 4 nitrogen and oxygen atoms in total. The van der Waals surface area contributed by atoms with Crippen LogP contribution >= 0.6 is 0 Å². The largest absolute Gasteiger partial charge is 0.493 e. The predicted octanol–water partition coefficient (Wildman–Crippen LogP) is 3.10. The van der Waals surface area contributed by atoms with Crippen LogP contribution in [-0.2, 0) is 0 Å². The summed E-state index contributed by atoms with van der Waals surface area (Å²) < 4.78 is 10.4. The third kappa shape index (κ3) is 3.86. The quantitative estimate of drug-likeness (QED) is 0.917. The van der Waals surface area contributed by atoms with Crippen molar-refractivity contribution in [1.82, 2.24) is 5.32 Å². The maximum atomic E-state index is 11.9. The van der Waals surface area contributed by atoms with E-state index < -0.39 is 0 Å². The van der Waals surface area contributed by atoms with Gasteiger partial charge in [-0.25, -0.2) is 0 Å². The summed E-state index contributed by atoms with van der Waals surface area (Å²) in [6.45, 7) is 0. The normalized spacial score (nSPS) is 10.4.